The molecule has 168 valence electrons. The molecule has 1 fully saturated rings. The predicted molar refractivity (Wildman–Crippen MR) is 132 cm³/mol. The molecule has 4 aromatic rings. The van der Waals surface area contributed by atoms with Crippen LogP contribution in [0.25, 0.3) is 10.9 Å². The van der Waals surface area contributed by atoms with Crippen LogP contribution in [0.3, 0.4) is 0 Å². The first kappa shape index (κ1) is 21.3. The number of pyridine rings is 3. The molecule has 0 radical (unpaired) electrons. The summed E-state index contributed by atoms with van der Waals surface area (Å²) in [6.45, 7) is 5.35. The second-order valence-electron chi connectivity index (χ2n) is 8.85. The maximum absolute atomic E-state index is 13.3. The van der Waals surface area contributed by atoms with Crippen molar-refractivity contribution in [1.29, 1.82) is 0 Å². The van der Waals surface area contributed by atoms with Crippen molar-refractivity contribution in [1.82, 2.24) is 19.9 Å². The van der Waals surface area contributed by atoms with Crippen molar-refractivity contribution in [3.05, 3.63) is 100 Å². The minimum Gasteiger partial charge on any atom is -0.369 e. The standard InChI is InChI=1S/C27H29N5O/c1-20-14-21(10-12-29-20)17-32(18-22-15-30-26-9-3-2-8-25(26)27(22)33)24-7-5-13-31(19-24)23-6-4-11-28-16-23/h2-4,6,8-12,14-16,24H,5,7,13,17-19H2,1H3,(H,30,33)/t24-/m0/s1. The van der Waals surface area contributed by atoms with Crippen LogP contribution in [0, 0.1) is 6.92 Å². The van der Waals surface area contributed by atoms with Gasteiger partial charge in [0.2, 0.25) is 0 Å². The molecule has 0 unspecified atom stereocenters. The minimum absolute atomic E-state index is 0.111. The van der Waals surface area contributed by atoms with Crippen molar-refractivity contribution >= 4 is 16.6 Å². The fraction of sp³-hybridized carbons (Fsp3) is 0.296. The summed E-state index contributed by atoms with van der Waals surface area (Å²) in [4.78, 5) is 30.1. The number of H-pyrrole nitrogens is 1. The van der Waals surface area contributed by atoms with E-state index in [-0.39, 0.29) is 5.43 Å². The first-order valence-corrected chi connectivity index (χ1v) is 11.6. The van der Waals surface area contributed by atoms with Gasteiger partial charge >= 0.3 is 0 Å². The summed E-state index contributed by atoms with van der Waals surface area (Å²) in [5.74, 6) is 0. The Bertz CT molecular complexity index is 1290. The summed E-state index contributed by atoms with van der Waals surface area (Å²) in [5, 5.41) is 0.746. The lowest BCUT2D eigenvalue weighted by Gasteiger charge is -2.40. The Labute approximate surface area is 193 Å². The third-order valence-corrected chi connectivity index (χ3v) is 6.51. The van der Waals surface area contributed by atoms with Gasteiger partial charge in [-0.05, 0) is 61.7 Å². The number of nitrogens with zero attached hydrogens (tertiary/aromatic N) is 4. The Morgan fingerprint density at radius 1 is 1.12 bits per heavy atom. The Morgan fingerprint density at radius 3 is 2.88 bits per heavy atom. The maximum atomic E-state index is 13.3. The maximum Gasteiger partial charge on any atom is 0.193 e. The Kier molecular flexibility index (Phi) is 6.17. The van der Waals surface area contributed by atoms with Crippen LogP contribution in [0.5, 0.6) is 0 Å². The summed E-state index contributed by atoms with van der Waals surface area (Å²) in [6.07, 6.45) is 9.72. The first-order chi connectivity index (χ1) is 16.2. The number of hydrogen-bond acceptors (Lipinski definition) is 5. The summed E-state index contributed by atoms with van der Waals surface area (Å²) in [7, 11) is 0. The third kappa shape index (κ3) is 4.81. The molecule has 0 saturated carbocycles. The number of hydrogen-bond donors (Lipinski definition) is 1. The second-order valence-corrected chi connectivity index (χ2v) is 8.85. The highest BCUT2D eigenvalue weighted by Gasteiger charge is 2.27. The highest BCUT2D eigenvalue weighted by molar-refractivity contribution is 5.78. The van der Waals surface area contributed by atoms with Gasteiger partial charge in [-0.2, -0.15) is 0 Å². The second kappa shape index (κ2) is 9.55. The molecule has 1 aliphatic heterocycles. The van der Waals surface area contributed by atoms with Gasteiger partial charge in [-0.25, -0.2) is 0 Å². The van der Waals surface area contributed by atoms with Gasteiger partial charge in [0, 0.05) is 73.0 Å². The largest absolute Gasteiger partial charge is 0.369 e. The number of benzene rings is 1. The van der Waals surface area contributed by atoms with E-state index < -0.39 is 0 Å². The quantitative estimate of drug-likeness (QED) is 0.485. The van der Waals surface area contributed by atoms with Crippen molar-refractivity contribution in [2.45, 2.75) is 38.9 Å². The van der Waals surface area contributed by atoms with E-state index in [1.165, 1.54) is 5.56 Å². The van der Waals surface area contributed by atoms with Crippen LogP contribution in [0.15, 0.2) is 78.1 Å². The van der Waals surface area contributed by atoms with E-state index in [9.17, 15) is 4.79 Å². The number of rotatable bonds is 6. The number of fused-ring (bicyclic) bond motifs is 1. The van der Waals surface area contributed by atoms with Crippen molar-refractivity contribution in [2.75, 3.05) is 18.0 Å². The number of aromatic nitrogens is 3. The van der Waals surface area contributed by atoms with Crippen LogP contribution in [0.2, 0.25) is 0 Å². The summed E-state index contributed by atoms with van der Waals surface area (Å²) in [6, 6.07) is 16.4. The molecule has 0 aliphatic carbocycles. The number of aryl methyl sites for hydroxylation is 1. The first-order valence-electron chi connectivity index (χ1n) is 11.6. The van der Waals surface area contributed by atoms with Crippen LogP contribution in [0.4, 0.5) is 5.69 Å². The van der Waals surface area contributed by atoms with E-state index in [2.05, 4.69) is 43.0 Å². The fourth-order valence-corrected chi connectivity index (χ4v) is 4.83. The van der Waals surface area contributed by atoms with Crippen LogP contribution in [-0.2, 0) is 13.1 Å². The van der Waals surface area contributed by atoms with E-state index in [0.717, 1.165) is 60.3 Å². The Balaban J connectivity index is 1.45. The molecule has 0 spiro atoms. The molecular weight excluding hydrogens is 410 g/mol. The Morgan fingerprint density at radius 2 is 2.03 bits per heavy atom. The molecule has 4 heterocycles. The Hall–Kier alpha value is -3.51. The summed E-state index contributed by atoms with van der Waals surface area (Å²) in [5.41, 5.74) is 5.18. The molecule has 3 aromatic heterocycles. The zero-order valence-electron chi connectivity index (χ0n) is 18.9. The molecule has 6 heteroatoms. The van der Waals surface area contributed by atoms with Crippen LogP contribution < -0.4 is 10.3 Å². The van der Waals surface area contributed by atoms with Gasteiger partial charge in [0.15, 0.2) is 5.43 Å². The highest BCUT2D eigenvalue weighted by Crippen LogP contribution is 2.24. The lowest BCUT2D eigenvalue weighted by atomic mass is 10.0. The zero-order chi connectivity index (χ0) is 22.6. The van der Waals surface area contributed by atoms with E-state index in [1.807, 2.05) is 62.0 Å². The van der Waals surface area contributed by atoms with E-state index in [4.69, 9.17) is 0 Å². The SMILES string of the molecule is Cc1cc(CN(Cc2c[nH]c3ccccc3c2=O)[C@H]2CCCN(c3cccnc3)C2)ccn1. The van der Waals surface area contributed by atoms with Crippen LogP contribution in [0.1, 0.15) is 29.7 Å². The van der Waals surface area contributed by atoms with Gasteiger partial charge in [0.25, 0.3) is 0 Å². The van der Waals surface area contributed by atoms with Gasteiger partial charge < -0.3 is 9.88 Å². The molecular formula is C27H29N5O. The van der Waals surface area contributed by atoms with Gasteiger partial charge in [0.1, 0.15) is 0 Å². The monoisotopic (exact) mass is 439 g/mol. The zero-order valence-corrected chi connectivity index (χ0v) is 18.9. The lowest BCUT2D eigenvalue weighted by molar-refractivity contribution is 0.158. The van der Waals surface area contributed by atoms with Crippen molar-refractivity contribution in [2.24, 2.45) is 0 Å². The molecule has 1 aromatic carbocycles. The summed E-state index contributed by atoms with van der Waals surface area (Å²) >= 11 is 0. The average molecular weight is 440 g/mol. The third-order valence-electron chi connectivity index (χ3n) is 6.51. The number of para-hydroxylation sites is 1. The number of piperidine rings is 1. The van der Waals surface area contributed by atoms with Gasteiger partial charge in [-0.1, -0.05) is 12.1 Å². The van der Waals surface area contributed by atoms with E-state index >= 15 is 0 Å². The molecule has 0 amide bonds. The molecule has 1 atom stereocenters. The molecule has 33 heavy (non-hydrogen) atoms. The van der Waals surface area contributed by atoms with E-state index in [1.54, 1.807) is 0 Å². The van der Waals surface area contributed by atoms with Gasteiger partial charge in [-0.3, -0.25) is 19.7 Å². The fourth-order valence-electron chi connectivity index (χ4n) is 4.83. The van der Waals surface area contributed by atoms with Gasteiger partial charge in [-0.15, -0.1) is 0 Å². The van der Waals surface area contributed by atoms with E-state index in [0.29, 0.717) is 12.6 Å². The van der Waals surface area contributed by atoms with Crippen molar-refractivity contribution in [3.63, 3.8) is 0 Å². The predicted octanol–water partition coefficient (Wildman–Crippen LogP) is 4.30. The van der Waals surface area contributed by atoms with Crippen molar-refractivity contribution < 1.29 is 0 Å². The summed E-state index contributed by atoms with van der Waals surface area (Å²) < 4.78 is 0. The normalized spacial score (nSPS) is 16.4. The molecule has 1 N–H and O–H groups in total. The molecule has 6 nitrogen and oxygen atoms in total. The number of nitrogens with one attached hydrogen (secondary N) is 1. The van der Waals surface area contributed by atoms with Crippen molar-refractivity contribution in [3.8, 4) is 0 Å². The van der Waals surface area contributed by atoms with Crippen LogP contribution in [-0.4, -0.2) is 39.0 Å². The van der Waals surface area contributed by atoms with Crippen LogP contribution >= 0.6 is 0 Å². The number of aromatic amines is 1. The topological polar surface area (TPSA) is 65.1 Å². The minimum atomic E-state index is 0.111. The van der Waals surface area contributed by atoms with Gasteiger partial charge in [0.05, 0.1) is 11.9 Å². The average Bonchev–Trinajstić information content (AvgIpc) is 2.86. The molecule has 1 saturated heterocycles. The lowest BCUT2D eigenvalue weighted by Crippen LogP contribution is -2.48. The molecule has 0 bridgehead atoms. The highest BCUT2D eigenvalue weighted by atomic mass is 16.1. The number of anilines is 1. The smallest absolute Gasteiger partial charge is 0.193 e. The molecule has 1 aliphatic rings. The molecule has 5 rings (SSSR count).